The van der Waals surface area contributed by atoms with E-state index in [2.05, 4.69) is 15.9 Å². The summed E-state index contributed by atoms with van der Waals surface area (Å²) in [6.07, 6.45) is -4.54. The summed E-state index contributed by atoms with van der Waals surface area (Å²) in [7, 11) is 0. The fourth-order valence-corrected chi connectivity index (χ4v) is 1.69. The molecule has 104 valence electrons. The van der Waals surface area contributed by atoms with Crippen LogP contribution in [0.25, 0.3) is 0 Å². The number of nitrogens with two attached hydrogens (primary N) is 1. The second-order valence-electron chi connectivity index (χ2n) is 3.30. The molecule has 3 N–H and O–H groups in total. The number of halogens is 5. The Balaban J connectivity index is 0.00000289. The molecule has 1 atom stereocenters. The highest BCUT2D eigenvalue weighted by molar-refractivity contribution is 9.10. The summed E-state index contributed by atoms with van der Waals surface area (Å²) in [5.41, 5.74) is 4.90. The maximum Gasteiger partial charge on any atom is 0.407 e. The summed E-state index contributed by atoms with van der Waals surface area (Å²) < 4.78 is 42.5. The predicted molar refractivity (Wildman–Crippen MR) is 67.2 cm³/mol. The predicted octanol–water partition coefficient (Wildman–Crippen LogP) is 3.54. The Morgan fingerprint density at radius 2 is 2.00 bits per heavy atom. The first-order valence-corrected chi connectivity index (χ1v) is 5.54. The number of alkyl halides is 3. The van der Waals surface area contributed by atoms with Gasteiger partial charge in [0, 0.05) is 0 Å². The van der Waals surface area contributed by atoms with E-state index in [9.17, 15) is 18.3 Å². The van der Waals surface area contributed by atoms with Gasteiger partial charge in [-0.2, -0.15) is 13.2 Å². The minimum absolute atomic E-state index is 0. The summed E-state index contributed by atoms with van der Waals surface area (Å²) >= 11 is 2.95. The van der Waals surface area contributed by atoms with Gasteiger partial charge in [0.15, 0.2) is 11.5 Å². The van der Waals surface area contributed by atoms with Gasteiger partial charge in [0.2, 0.25) is 0 Å². The maximum atomic E-state index is 12.4. The third kappa shape index (κ3) is 3.93. The molecule has 0 unspecified atom stereocenters. The number of rotatable bonds is 3. The van der Waals surface area contributed by atoms with Crippen LogP contribution in [0.1, 0.15) is 18.5 Å². The smallest absolute Gasteiger partial charge is 0.407 e. The molecule has 0 bridgehead atoms. The van der Waals surface area contributed by atoms with Crippen molar-refractivity contribution in [3.63, 3.8) is 0 Å². The van der Waals surface area contributed by atoms with Crippen LogP contribution in [0, 0.1) is 0 Å². The summed E-state index contributed by atoms with van der Waals surface area (Å²) in [4.78, 5) is 0. The van der Waals surface area contributed by atoms with Crippen molar-refractivity contribution in [3.05, 3.63) is 22.2 Å². The van der Waals surface area contributed by atoms with Crippen LogP contribution in [-0.4, -0.2) is 17.9 Å². The standard InChI is InChI=1S/C10H11BrF3NO2.ClH/c1-2-17-7-4-5(3-6(11)8(7)16)9(15)10(12,13)14;/h3-4,9,16H,2,15H2,1H3;1H/t9-;/m1./s1. The number of ether oxygens (including phenoxy) is 1. The van der Waals surface area contributed by atoms with E-state index in [0.717, 1.165) is 12.1 Å². The zero-order valence-electron chi connectivity index (χ0n) is 9.29. The molecule has 1 rings (SSSR count). The molecule has 0 aliphatic rings. The SMILES string of the molecule is CCOc1cc([C@@H](N)C(F)(F)F)cc(Br)c1O.Cl. The first-order chi connectivity index (χ1) is 7.77. The topological polar surface area (TPSA) is 55.5 Å². The molecule has 0 aliphatic heterocycles. The van der Waals surface area contributed by atoms with Crippen LogP contribution in [0.4, 0.5) is 13.2 Å². The van der Waals surface area contributed by atoms with E-state index in [1.807, 2.05) is 0 Å². The second kappa shape index (κ2) is 6.49. The zero-order chi connectivity index (χ0) is 13.2. The molecule has 3 nitrogen and oxygen atoms in total. The first-order valence-electron chi connectivity index (χ1n) is 4.74. The molecule has 0 fully saturated rings. The van der Waals surface area contributed by atoms with Gasteiger partial charge in [-0.05, 0) is 40.5 Å². The molecule has 1 aromatic carbocycles. The Morgan fingerprint density at radius 3 is 2.44 bits per heavy atom. The van der Waals surface area contributed by atoms with Gasteiger partial charge in [0.1, 0.15) is 6.04 Å². The van der Waals surface area contributed by atoms with Gasteiger partial charge < -0.3 is 15.6 Å². The highest BCUT2D eigenvalue weighted by atomic mass is 79.9. The van der Waals surface area contributed by atoms with Crippen molar-refractivity contribution in [1.82, 2.24) is 0 Å². The van der Waals surface area contributed by atoms with Crippen LogP contribution in [0.15, 0.2) is 16.6 Å². The fourth-order valence-electron chi connectivity index (χ4n) is 1.23. The van der Waals surface area contributed by atoms with E-state index < -0.39 is 12.2 Å². The Labute approximate surface area is 117 Å². The summed E-state index contributed by atoms with van der Waals surface area (Å²) in [5.74, 6) is -0.276. The fraction of sp³-hybridized carbons (Fsp3) is 0.400. The van der Waals surface area contributed by atoms with Crippen LogP contribution in [0.3, 0.4) is 0 Å². The van der Waals surface area contributed by atoms with Crippen LogP contribution in [-0.2, 0) is 0 Å². The van der Waals surface area contributed by atoms with E-state index in [0.29, 0.717) is 0 Å². The molecule has 0 spiro atoms. The average molecular weight is 351 g/mol. The normalized spacial score (nSPS) is 12.8. The Morgan fingerprint density at radius 1 is 1.44 bits per heavy atom. The second-order valence-corrected chi connectivity index (χ2v) is 4.16. The lowest BCUT2D eigenvalue weighted by molar-refractivity contribution is -0.149. The summed E-state index contributed by atoms with van der Waals surface area (Å²) in [6.45, 7) is 1.88. The minimum Gasteiger partial charge on any atom is -0.503 e. The lowest BCUT2D eigenvalue weighted by Crippen LogP contribution is -2.28. The van der Waals surface area contributed by atoms with Crippen LogP contribution >= 0.6 is 28.3 Å². The lowest BCUT2D eigenvalue weighted by Gasteiger charge is -2.18. The molecular weight excluding hydrogens is 338 g/mol. The number of benzene rings is 1. The molecule has 18 heavy (non-hydrogen) atoms. The molecule has 0 heterocycles. The van der Waals surface area contributed by atoms with E-state index in [1.165, 1.54) is 0 Å². The molecule has 0 aliphatic carbocycles. The van der Waals surface area contributed by atoms with E-state index >= 15 is 0 Å². The molecule has 0 amide bonds. The molecule has 0 aromatic heterocycles. The van der Waals surface area contributed by atoms with E-state index in [1.54, 1.807) is 6.92 Å². The molecule has 0 saturated carbocycles. The number of aromatic hydroxyl groups is 1. The highest BCUT2D eigenvalue weighted by Gasteiger charge is 2.38. The lowest BCUT2D eigenvalue weighted by atomic mass is 10.1. The van der Waals surface area contributed by atoms with Crippen molar-refractivity contribution in [2.45, 2.75) is 19.1 Å². The van der Waals surface area contributed by atoms with Crippen LogP contribution < -0.4 is 10.5 Å². The van der Waals surface area contributed by atoms with Crippen molar-refractivity contribution >= 4 is 28.3 Å². The number of hydrogen-bond acceptors (Lipinski definition) is 3. The van der Waals surface area contributed by atoms with Gasteiger partial charge in [-0.1, -0.05) is 0 Å². The molecular formula is C10H12BrClF3NO2. The van der Waals surface area contributed by atoms with Crippen LogP contribution in [0.5, 0.6) is 11.5 Å². The Hall–Kier alpha value is -0.660. The van der Waals surface area contributed by atoms with Gasteiger partial charge >= 0.3 is 6.18 Å². The molecule has 0 radical (unpaired) electrons. The maximum absolute atomic E-state index is 12.4. The van der Waals surface area contributed by atoms with Crippen molar-refractivity contribution in [3.8, 4) is 11.5 Å². The van der Waals surface area contributed by atoms with Gasteiger partial charge in [0.25, 0.3) is 0 Å². The van der Waals surface area contributed by atoms with Gasteiger partial charge in [0.05, 0.1) is 11.1 Å². The Kier molecular flexibility index (Phi) is 6.25. The van der Waals surface area contributed by atoms with Gasteiger partial charge in [-0.3, -0.25) is 0 Å². The third-order valence-electron chi connectivity index (χ3n) is 2.06. The van der Waals surface area contributed by atoms with Crippen LogP contribution in [0.2, 0.25) is 0 Å². The van der Waals surface area contributed by atoms with Crippen molar-refractivity contribution < 1.29 is 23.0 Å². The average Bonchev–Trinajstić information content (AvgIpc) is 2.22. The quantitative estimate of drug-likeness (QED) is 0.877. The van der Waals surface area contributed by atoms with Gasteiger partial charge in [-0.15, -0.1) is 12.4 Å². The van der Waals surface area contributed by atoms with Gasteiger partial charge in [-0.25, -0.2) is 0 Å². The van der Waals surface area contributed by atoms with E-state index in [-0.39, 0.29) is 40.5 Å². The van der Waals surface area contributed by atoms with Crippen molar-refractivity contribution in [2.75, 3.05) is 6.61 Å². The van der Waals surface area contributed by atoms with Crippen molar-refractivity contribution in [2.24, 2.45) is 5.73 Å². The van der Waals surface area contributed by atoms with E-state index in [4.69, 9.17) is 10.5 Å². The summed E-state index contributed by atoms with van der Waals surface area (Å²) in [6, 6.07) is 0.0937. The first kappa shape index (κ1) is 17.3. The summed E-state index contributed by atoms with van der Waals surface area (Å²) in [5, 5.41) is 9.54. The molecule has 8 heteroatoms. The molecule has 0 saturated heterocycles. The van der Waals surface area contributed by atoms with Crippen molar-refractivity contribution in [1.29, 1.82) is 0 Å². The minimum atomic E-state index is -4.54. The largest absolute Gasteiger partial charge is 0.503 e. The third-order valence-corrected chi connectivity index (χ3v) is 2.67. The number of phenols is 1. The monoisotopic (exact) mass is 349 g/mol. The number of hydrogen-bond donors (Lipinski definition) is 2. The molecule has 1 aromatic rings. The highest BCUT2D eigenvalue weighted by Crippen LogP contribution is 2.40. The zero-order valence-corrected chi connectivity index (χ0v) is 11.7. The Bertz CT molecular complexity index is 415. The number of phenolic OH excluding ortho intramolecular Hbond substituents is 1.